The molecule has 1 heterocycles. The van der Waals surface area contributed by atoms with E-state index in [1.165, 1.54) is 25.0 Å². The second-order valence-corrected chi connectivity index (χ2v) is 5.56. The van der Waals surface area contributed by atoms with Crippen LogP contribution in [0, 0.1) is 11.6 Å². The Morgan fingerprint density at radius 2 is 2.00 bits per heavy atom. The third kappa shape index (κ3) is 5.79. The number of hydrogen-bond acceptors (Lipinski definition) is 2. The van der Waals surface area contributed by atoms with Gasteiger partial charge in [-0.05, 0) is 49.9 Å². The van der Waals surface area contributed by atoms with Crippen molar-refractivity contribution in [3.63, 3.8) is 0 Å². The first-order valence-corrected chi connectivity index (χ1v) is 7.58. The van der Waals surface area contributed by atoms with E-state index >= 15 is 0 Å². The van der Waals surface area contributed by atoms with Crippen LogP contribution in [-0.4, -0.2) is 25.0 Å². The molecule has 0 spiro atoms. The molecule has 0 aromatic heterocycles. The molecule has 2 N–H and O–H groups in total. The van der Waals surface area contributed by atoms with Gasteiger partial charge in [-0.1, -0.05) is 6.42 Å². The Balaban J connectivity index is 1.64. The maximum absolute atomic E-state index is 13.0. The lowest BCUT2D eigenvalue weighted by molar-refractivity contribution is -0.121. The highest BCUT2D eigenvalue weighted by molar-refractivity contribution is 5.75. The highest BCUT2D eigenvalue weighted by Crippen LogP contribution is 2.11. The van der Waals surface area contributed by atoms with E-state index in [2.05, 4.69) is 10.6 Å². The molecule has 5 heteroatoms. The van der Waals surface area contributed by atoms with Gasteiger partial charge in [0.25, 0.3) is 0 Å². The Morgan fingerprint density at radius 3 is 2.67 bits per heavy atom. The molecule has 1 aliphatic heterocycles. The van der Waals surface area contributed by atoms with Crippen LogP contribution in [0.3, 0.4) is 0 Å². The molecule has 21 heavy (non-hydrogen) atoms. The average Bonchev–Trinajstić information content (AvgIpc) is 2.45. The summed E-state index contributed by atoms with van der Waals surface area (Å²) in [6.07, 6.45) is 5.35. The molecule has 2 rings (SSSR count). The number of halogens is 2. The zero-order chi connectivity index (χ0) is 15.1. The highest BCUT2D eigenvalue weighted by atomic mass is 19.1. The first kappa shape index (κ1) is 15.9. The minimum atomic E-state index is -0.584. The lowest BCUT2D eigenvalue weighted by Gasteiger charge is -2.23. The molecule has 1 atom stereocenters. The van der Waals surface area contributed by atoms with Crippen molar-refractivity contribution in [1.29, 1.82) is 0 Å². The molecule has 0 bridgehead atoms. The number of carbonyl (C=O) groups excluding carboxylic acids is 1. The number of piperidine rings is 1. The van der Waals surface area contributed by atoms with Gasteiger partial charge in [0.1, 0.15) is 11.6 Å². The SMILES string of the molecule is O=C(CCC1CCCCN1)NCCc1cc(F)cc(F)c1. The Morgan fingerprint density at radius 1 is 1.24 bits per heavy atom. The van der Waals surface area contributed by atoms with Crippen LogP contribution in [0.2, 0.25) is 0 Å². The number of carbonyl (C=O) groups is 1. The number of rotatable bonds is 6. The quantitative estimate of drug-likeness (QED) is 0.847. The van der Waals surface area contributed by atoms with E-state index in [4.69, 9.17) is 0 Å². The second-order valence-electron chi connectivity index (χ2n) is 5.56. The summed E-state index contributed by atoms with van der Waals surface area (Å²) in [4.78, 5) is 11.7. The summed E-state index contributed by atoms with van der Waals surface area (Å²) in [7, 11) is 0. The van der Waals surface area contributed by atoms with Gasteiger partial charge in [-0.25, -0.2) is 8.78 Å². The van der Waals surface area contributed by atoms with Crippen LogP contribution < -0.4 is 10.6 Å². The van der Waals surface area contributed by atoms with Gasteiger partial charge in [-0.2, -0.15) is 0 Å². The van der Waals surface area contributed by atoms with Crippen LogP contribution in [-0.2, 0) is 11.2 Å². The zero-order valence-electron chi connectivity index (χ0n) is 12.1. The van der Waals surface area contributed by atoms with Gasteiger partial charge in [0, 0.05) is 25.1 Å². The molecule has 1 unspecified atom stereocenters. The van der Waals surface area contributed by atoms with Crippen molar-refractivity contribution in [3.8, 4) is 0 Å². The number of benzene rings is 1. The Labute approximate surface area is 124 Å². The minimum Gasteiger partial charge on any atom is -0.356 e. The monoisotopic (exact) mass is 296 g/mol. The zero-order valence-corrected chi connectivity index (χ0v) is 12.1. The molecular formula is C16H22F2N2O. The van der Waals surface area contributed by atoms with Crippen molar-refractivity contribution in [2.75, 3.05) is 13.1 Å². The Hall–Kier alpha value is -1.49. The maximum Gasteiger partial charge on any atom is 0.220 e. The number of amides is 1. The largest absolute Gasteiger partial charge is 0.356 e. The summed E-state index contributed by atoms with van der Waals surface area (Å²) in [6.45, 7) is 1.44. The van der Waals surface area contributed by atoms with Gasteiger partial charge in [-0.3, -0.25) is 4.79 Å². The standard InChI is InChI=1S/C16H22F2N2O/c17-13-9-12(10-14(18)11-13)6-8-20-16(21)5-4-15-3-1-2-7-19-15/h9-11,15,19H,1-8H2,(H,20,21). The van der Waals surface area contributed by atoms with Crippen LogP contribution in [0.15, 0.2) is 18.2 Å². The summed E-state index contributed by atoms with van der Waals surface area (Å²) in [6, 6.07) is 3.88. The molecular weight excluding hydrogens is 274 g/mol. The Kier molecular flexibility index (Phi) is 6.11. The summed E-state index contributed by atoms with van der Waals surface area (Å²) in [5.41, 5.74) is 0.557. The summed E-state index contributed by atoms with van der Waals surface area (Å²) in [5, 5.41) is 6.20. The molecule has 3 nitrogen and oxygen atoms in total. The smallest absolute Gasteiger partial charge is 0.220 e. The van der Waals surface area contributed by atoms with Gasteiger partial charge in [0.05, 0.1) is 0 Å². The highest BCUT2D eigenvalue weighted by Gasteiger charge is 2.13. The van der Waals surface area contributed by atoms with Crippen molar-refractivity contribution in [2.45, 2.75) is 44.6 Å². The molecule has 0 radical (unpaired) electrons. The first-order chi connectivity index (χ1) is 10.1. The normalized spacial score (nSPS) is 18.5. The van der Waals surface area contributed by atoms with Crippen molar-refractivity contribution in [2.24, 2.45) is 0 Å². The van der Waals surface area contributed by atoms with Gasteiger partial charge in [0.15, 0.2) is 0 Å². The number of hydrogen-bond donors (Lipinski definition) is 2. The molecule has 1 aromatic rings. The third-order valence-electron chi connectivity index (χ3n) is 3.79. The topological polar surface area (TPSA) is 41.1 Å². The van der Waals surface area contributed by atoms with Gasteiger partial charge in [0.2, 0.25) is 5.91 Å². The Bertz CT molecular complexity index is 453. The van der Waals surface area contributed by atoms with Crippen molar-refractivity contribution in [3.05, 3.63) is 35.4 Å². The lowest BCUT2D eigenvalue weighted by Crippen LogP contribution is -2.35. The predicted molar refractivity (Wildman–Crippen MR) is 77.9 cm³/mol. The van der Waals surface area contributed by atoms with E-state index in [1.54, 1.807) is 0 Å². The molecule has 1 saturated heterocycles. The summed E-state index contributed by atoms with van der Waals surface area (Å²) >= 11 is 0. The lowest BCUT2D eigenvalue weighted by atomic mass is 10.0. The van der Waals surface area contributed by atoms with Gasteiger partial charge >= 0.3 is 0 Å². The fourth-order valence-corrected chi connectivity index (χ4v) is 2.67. The van der Waals surface area contributed by atoms with E-state index in [9.17, 15) is 13.6 Å². The van der Waals surface area contributed by atoms with E-state index < -0.39 is 11.6 Å². The van der Waals surface area contributed by atoms with Gasteiger partial charge < -0.3 is 10.6 Å². The van der Waals surface area contributed by atoms with Crippen LogP contribution in [0.4, 0.5) is 8.78 Å². The second kappa shape index (κ2) is 8.08. The van der Waals surface area contributed by atoms with E-state index in [1.807, 2.05) is 0 Å². The van der Waals surface area contributed by atoms with Crippen LogP contribution >= 0.6 is 0 Å². The van der Waals surface area contributed by atoms with Crippen LogP contribution in [0.1, 0.15) is 37.7 Å². The number of nitrogens with one attached hydrogen (secondary N) is 2. The molecule has 0 aliphatic carbocycles. The summed E-state index contributed by atoms with van der Waals surface area (Å²) < 4.78 is 26.0. The predicted octanol–water partition coefficient (Wildman–Crippen LogP) is 2.55. The molecule has 1 amide bonds. The minimum absolute atomic E-state index is 0.000696. The van der Waals surface area contributed by atoms with Crippen LogP contribution in [0.5, 0.6) is 0 Å². The summed E-state index contributed by atoms with van der Waals surface area (Å²) in [5.74, 6) is -1.17. The molecule has 0 saturated carbocycles. The maximum atomic E-state index is 13.0. The van der Waals surface area contributed by atoms with E-state index in [0.29, 0.717) is 31.0 Å². The van der Waals surface area contributed by atoms with Crippen molar-refractivity contribution < 1.29 is 13.6 Å². The van der Waals surface area contributed by atoms with Crippen molar-refractivity contribution in [1.82, 2.24) is 10.6 Å². The molecule has 1 aliphatic rings. The first-order valence-electron chi connectivity index (χ1n) is 7.58. The van der Waals surface area contributed by atoms with E-state index in [-0.39, 0.29) is 5.91 Å². The molecule has 116 valence electrons. The van der Waals surface area contributed by atoms with E-state index in [0.717, 1.165) is 25.5 Å². The molecule has 1 aromatic carbocycles. The fraction of sp³-hybridized carbons (Fsp3) is 0.562. The third-order valence-corrected chi connectivity index (χ3v) is 3.79. The van der Waals surface area contributed by atoms with Crippen molar-refractivity contribution >= 4 is 5.91 Å². The fourth-order valence-electron chi connectivity index (χ4n) is 2.67. The average molecular weight is 296 g/mol. The van der Waals surface area contributed by atoms with Gasteiger partial charge in [-0.15, -0.1) is 0 Å². The molecule has 1 fully saturated rings. The van der Waals surface area contributed by atoms with Crippen LogP contribution in [0.25, 0.3) is 0 Å².